The van der Waals surface area contributed by atoms with Crippen molar-refractivity contribution in [2.75, 3.05) is 5.32 Å². The fourth-order valence-electron chi connectivity index (χ4n) is 1.53. The second-order valence-electron chi connectivity index (χ2n) is 3.88. The summed E-state index contributed by atoms with van der Waals surface area (Å²) in [4.78, 5) is 29.5. The standard InChI is InChI=1S/C12H11IN4O3/c13-7-1-2-10(9(3-7)11(18)19)17-12(20)15-5-8-4-14-6-16-8/h1-4,6H,5H2,(H,14,16)(H,18,19)(H2,15,17,20). The number of benzene rings is 1. The van der Waals surface area contributed by atoms with Crippen LogP contribution in [0.4, 0.5) is 10.5 Å². The molecule has 0 atom stereocenters. The minimum Gasteiger partial charge on any atom is -0.478 e. The zero-order valence-corrected chi connectivity index (χ0v) is 12.3. The summed E-state index contributed by atoms with van der Waals surface area (Å²) in [5, 5.41) is 14.2. The number of carbonyl (C=O) groups excluding carboxylic acids is 1. The van der Waals surface area contributed by atoms with Crippen LogP contribution in [0.1, 0.15) is 16.1 Å². The highest BCUT2D eigenvalue weighted by Gasteiger charge is 2.12. The monoisotopic (exact) mass is 386 g/mol. The third kappa shape index (κ3) is 3.70. The highest BCUT2D eigenvalue weighted by molar-refractivity contribution is 14.1. The summed E-state index contributed by atoms with van der Waals surface area (Å²) >= 11 is 2.01. The molecule has 2 aromatic rings. The van der Waals surface area contributed by atoms with Gasteiger partial charge in [0.2, 0.25) is 0 Å². The number of aromatic nitrogens is 2. The predicted octanol–water partition coefficient (Wildman–Crippen LogP) is 2.03. The molecular weight excluding hydrogens is 375 g/mol. The molecule has 0 aliphatic carbocycles. The average molecular weight is 386 g/mol. The second-order valence-corrected chi connectivity index (χ2v) is 5.13. The Kier molecular flexibility index (Phi) is 4.56. The summed E-state index contributed by atoms with van der Waals surface area (Å²) in [5.74, 6) is -1.09. The van der Waals surface area contributed by atoms with Crippen molar-refractivity contribution in [3.63, 3.8) is 0 Å². The van der Waals surface area contributed by atoms with Gasteiger partial charge in [-0.1, -0.05) is 0 Å². The van der Waals surface area contributed by atoms with E-state index in [9.17, 15) is 9.59 Å². The minimum absolute atomic E-state index is 0.0496. The van der Waals surface area contributed by atoms with Crippen molar-refractivity contribution in [3.05, 3.63) is 45.6 Å². The van der Waals surface area contributed by atoms with Crippen LogP contribution in [0.15, 0.2) is 30.7 Å². The molecule has 0 saturated heterocycles. The van der Waals surface area contributed by atoms with Crippen molar-refractivity contribution >= 4 is 40.3 Å². The Morgan fingerprint density at radius 1 is 1.40 bits per heavy atom. The van der Waals surface area contributed by atoms with Gasteiger partial charge in [0.05, 0.1) is 29.8 Å². The zero-order chi connectivity index (χ0) is 14.5. The third-order valence-corrected chi connectivity index (χ3v) is 3.13. The van der Waals surface area contributed by atoms with Gasteiger partial charge in [-0.2, -0.15) is 0 Å². The number of rotatable bonds is 4. The van der Waals surface area contributed by atoms with Crippen LogP contribution in [0, 0.1) is 3.57 Å². The topological polar surface area (TPSA) is 107 Å². The van der Waals surface area contributed by atoms with E-state index in [1.807, 2.05) is 22.6 Å². The maximum Gasteiger partial charge on any atom is 0.337 e. The summed E-state index contributed by atoms with van der Waals surface area (Å²) in [5.41, 5.74) is 1.05. The fourth-order valence-corrected chi connectivity index (χ4v) is 2.02. The van der Waals surface area contributed by atoms with Crippen molar-refractivity contribution in [3.8, 4) is 0 Å². The molecule has 0 saturated carbocycles. The summed E-state index contributed by atoms with van der Waals surface area (Å²) in [6, 6.07) is 4.29. The Labute approximate surface area is 127 Å². The average Bonchev–Trinajstić information content (AvgIpc) is 2.91. The smallest absolute Gasteiger partial charge is 0.337 e. The van der Waals surface area contributed by atoms with E-state index in [0.717, 1.165) is 9.26 Å². The number of halogens is 1. The van der Waals surface area contributed by atoms with Gasteiger partial charge < -0.3 is 20.7 Å². The highest BCUT2D eigenvalue weighted by Crippen LogP contribution is 2.18. The van der Waals surface area contributed by atoms with Crippen LogP contribution in [-0.4, -0.2) is 27.1 Å². The zero-order valence-electron chi connectivity index (χ0n) is 10.2. The number of carbonyl (C=O) groups is 2. The van der Waals surface area contributed by atoms with Gasteiger partial charge in [-0.05, 0) is 40.8 Å². The van der Waals surface area contributed by atoms with Gasteiger partial charge in [-0.3, -0.25) is 0 Å². The SMILES string of the molecule is O=C(NCc1cnc[nH]1)Nc1ccc(I)cc1C(=O)O. The van der Waals surface area contributed by atoms with E-state index in [1.54, 1.807) is 18.3 Å². The van der Waals surface area contributed by atoms with Crippen LogP contribution >= 0.6 is 22.6 Å². The molecule has 104 valence electrons. The number of aromatic carboxylic acids is 1. The molecule has 2 amide bonds. The number of aromatic amines is 1. The molecule has 0 unspecified atom stereocenters. The van der Waals surface area contributed by atoms with Gasteiger partial charge >= 0.3 is 12.0 Å². The lowest BCUT2D eigenvalue weighted by Crippen LogP contribution is -2.29. The number of nitrogens with zero attached hydrogens (tertiary/aromatic N) is 1. The molecule has 0 aliphatic heterocycles. The number of imidazole rings is 1. The number of H-pyrrole nitrogens is 1. The maximum absolute atomic E-state index is 11.7. The van der Waals surface area contributed by atoms with Crippen LogP contribution in [0.2, 0.25) is 0 Å². The molecule has 0 spiro atoms. The van der Waals surface area contributed by atoms with Crippen LogP contribution < -0.4 is 10.6 Å². The van der Waals surface area contributed by atoms with Crippen LogP contribution in [0.5, 0.6) is 0 Å². The molecule has 0 fully saturated rings. The molecule has 7 nitrogen and oxygen atoms in total. The first-order valence-electron chi connectivity index (χ1n) is 5.61. The first kappa shape index (κ1) is 14.3. The number of carboxylic acid groups (broad SMARTS) is 1. The number of amides is 2. The Balaban J connectivity index is 2.02. The first-order chi connectivity index (χ1) is 9.56. The predicted molar refractivity (Wildman–Crippen MR) is 80.6 cm³/mol. The Morgan fingerprint density at radius 2 is 2.20 bits per heavy atom. The van der Waals surface area contributed by atoms with Crippen molar-refractivity contribution in [2.24, 2.45) is 0 Å². The van der Waals surface area contributed by atoms with Crippen LogP contribution in [0.25, 0.3) is 0 Å². The summed E-state index contributed by atoms with van der Waals surface area (Å²) in [7, 11) is 0. The normalized spacial score (nSPS) is 10.1. The van der Waals surface area contributed by atoms with Gasteiger partial charge in [0.25, 0.3) is 0 Å². The molecule has 0 radical (unpaired) electrons. The molecular formula is C12H11IN4O3. The summed E-state index contributed by atoms with van der Waals surface area (Å²) in [6.07, 6.45) is 3.10. The van der Waals surface area contributed by atoms with E-state index in [4.69, 9.17) is 5.11 Å². The number of nitrogens with one attached hydrogen (secondary N) is 3. The number of urea groups is 1. The molecule has 1 heterocycles. The lowest BCUT2D eigenvalue weighted by Gasteiger charge is -2.09. The summed E-state index contributed by atoms with van der Waals surface area (Å²) < 4.78 is 0.781. The van der Waals surface area contributed by atoms with E-state index < -0.39 is 12.0 Å². The van der Waals surface area contributed by atoms with Crippen molar-refractivity contribution in [1.29, 1.82) is 0 Å². The summed E-state index contributed by atoms with van der Waals surface area (Å²) in [6.45, 7) is 0.276. The number of hydrogen-bond donors (Lipinski definition) is 4. The van der Waals surface area contributed by atoms with E-state index in [-0.39, 0.29) is 17.8 Å². The molecule has 0 bridgehead atoms. The van der Waals surface area contributed by atoms with Crippen molar-refractivity contribution in [2.45, 2.75) is 6.54 Å². The minimum atomic E-state index is -1.09. The maximum atomic E-state index is 11.7. The van der Waals surface area contributed by atoms with E-state index in [0.29, 0.717) is 0 Å². The Bertz CT molecular complexity index is 628. The van der Waals surface area contributed by atoms with Gasteiger partial charge in [0, 0.05) is 9.77 Å². The fraction of sp³-hybridized carbons (Fsp3) is 0.0833. The van der Waals surface area contributed by atoms with Gasteiger partial charge in [0.1, 0.15) is 0 Å². The van der Waals surface area contributed by atoms with Gasteiger partial charge in [-0.15, -0.1) is 0 Å². The first-order valence-corrected chi connectivity index (χ1v) is 6.69. The van der Waals surface area contributed by atoms with Crippen molar-refractivity contribution in [1.82, 2.24) is 15.3 Å². The van der Waals surface area contributed by atoms with E-state index in [2.05, 4.69) is 20.6 Å². The Hall–Kier alpha value is -2.10. The van der Waals surface area contributed by atoms with E-state index in [1.165, 1.54) is 12.4 Å². The van der Waals surface area contributed by atoms with E-state index >= 15 is 0 Å². The Morgan fingerprint density at radius 3 is 2.85 bits per heavy atom. The lowest BCUT2D eigenvalue weighted by atomic mass is 10.2. The highest BCUT2D eigenvalue weighted by atomic mass is 127. The molecule has 4 N–H and O–H groups in total. The molecule has 1 aromatic carbocycles. The molecule has 0 aliphatic rings. The molecule has 20 heavy (non-hydrogen) atoms. The van der Waals surface area contributed by atoms with Crippen LogP contribution in [0.3, 0.4) is 0 Å². The molecule has 2 rings (SSSR count). The largest absolute Gasteiger partial charge is 0.478 e. The van der Waals surface area contributed by atoms with Crippen LogP contribution in [-0.2, 0) is 6.54 Å². The molecule has 8 heteroatoms. The number of carboxylic acids is 1. The number of hydrogen-bond acceptors (Lipinski definition) is 3. The number of anilines is 1. The lowest BCUT2D eigenvalue weighted by molar-refractivity contribution is 0.0698. The second kappa shape index (κ2) is 6.37. The quantitative estimate of drug-likeness (QED) is 0.604. The van der Waals surface area contributed by atoms with Gasteiger partial charge in [-0.25, -0.2) is 14.6 Å². The third-order valence-electron chi connectivity index (χ3n) is 2.45. The van der Waals surface area contributed by atoms with Crippen molar-refractivity contribution < 1.29 is 14.7 Å². The van der Waals surface area contributed by atoms with Gasteiger partial charge in [0.15, 0.2) is 0 Å². The molecule has 1 aromatic heterocycles.